The van der Waals surface area contributed by atoms with Gasteiger partial charge in [0.2, 0.25) is 0 Å². The molecular weight excluding hydrogens is 286 g/mol. The van der Waals surface area contributed by atoms with Gasteiger partial charge in [-0.3, -0.25) is 9.00 Å². The number of nitrogens with zero attached hydrogens (tertiary/aromatic N) is 2. The molecule has 112 valence electrons. The maximum atomic E-state index is 12.3. The van der Waals surface area contributed by atoms with E-state index < -0.39 is 10.8 Å². The third-order valence-corrected chi connectivity index (χ3v) is 3.70. The van der Waals surface area contributed by atoms with Gasteiger partial charge in [-0.25, -0.2) is 4.68 Å². The maximum Gasteiger partial charge on any atom is 0.256 e. The predicted molar refractivity (Wildman–Crippen MR) is 84.8 cm³/mol. The van der Waals surface area contributed by atoms with E-state index in [4.69, 9.17) is 0 Å². The van der Waals surface area contributed by atoms with E-state index >= 15 is 0 Å². The van der Waals surface area contributed by atoms with Gasteiger partial charge in [0.15, 0.2) is 0 Å². The van der Waals surface area contributed by atoms with E-state index in [0.717, 1.165) is 5.56 Å². The average Bonchev–Trinajstić information content (AvgIpc) is 2.86. The molecule has 0 saturated heterocycles. The molecule has 1 amide bonds. The quantitative estimate of drug-likeness (QED) is 0.923. The minimum Gasteiger partial charge on any atom is -0.307 e. The zero-order chi connectivity index (χ0) is 15.4. The summed E-state index contributed by atoms with van der Waals surface area (Å²) in [5.41, 5.74) is 1.44. The van der Waals surface area contributed by atoms with Crippen molar-refractivity contribution in [2.24, 2.45) is 0 Å². The molecule has 2 rings (SSSR count). The first-order valence-electron chi connectivity index (χ1n) is 6.71. The van der Waals surface area contributed by atoms with Crippen molar-refractivity contribution in [3.8, 4) is 0 Å². The van der Waals surface area contributed by atoms with E-state index in [1.54, 1.807) is 41.4 Å². The molecule has 0 aliphatic carbocycles. The number of hydrogen-bond donors (Lipinski definition) is 1. The summed E-state index contributed by atoms with van der Waals surface area (Å²) in [6.07, 6.45) is 3.31. The third-order valence-electron chi connectivity index (χ3n) is 2.96. The van der Waals surface area contributed by atoms with Crippen molar-refractivity contribution in [1.82, 2.24) is 9.78 Å². The summed E-state index contributed by atoms with van der Waals surface area (Å²) in [4.78, 5) is 12.3. The number of carbonyl (C=O) groups excluding carboxylic acids is 1. The van der Waals surface area contributed by atoms with Crippen LogP contribution >= 0.6 is 0 Å². The van der Waals surface area contributed by atoms with Crippen molar-refractivity contribution in [1.29, 1.82) is 0 Å². The van der Waals surface area contributed by atoms with E-state index in [-0.39, 0.29) is 11.9 Å². The SMILES string of the molecule is CC(C)n1nccc1NC(=O)c1cccc(CS(C)=O)c1. The lowest BCUT2D eigenvalue weighted by Gasteiger charge is -2.12. The maximum absolute atomic E-state index is 12.3. The van der Waals surface area contributed by atoms with Crippen LogP contribution in [0, 0.1) is 0 Å². The molecule has 0 aliphatic rings. The number of rotatable bonds is 5. The molecule has 0 radical (unpaired) electrons. The van der Waals surface area contributed by atoms with Crippen LogP contribution in [0.15, 0.2) is 36.5 Å². The van der Waals surface area contributed by atoms with Gasteiger partial charge in [0.1, 0.15) is 5.82 Å². The lowest BCUT2D eigenvalue weighted by atomic mass is 10.1. The third kappa shape index (κ3) is 4.01. The number of benzene rings is 1. The summed E-state index contributed by atoms with van der Waals surface area (Å²) in [7, 11) is -0.925. The van der Waals surface area contributed by atoms with Crippen LogP contribution in [0.4, 0.5) is 5.82 Å². The Kier molecular flexibility index (Phi) is 4.90. The number of carbonyl (C=O) groups is 1. The smallest absolute Gasteiger partial charge is 0.256 e. The molecule has 0 saturated carbocycles. The highest BCUT2D eigenvalue weighted by atomic mass is 32.2. The first-order chi connectivity index (χ1) is 9.97. The van der Waals surface area contributed by atoms with Crippen LogP contribution in [-0.2, 0) is 16.6 Å². The Bertz CT molecular complexity index is 664. The van der Waals surface area contributed by atoms with Crippen molar-refractivity contribution >= 4 is 22.5 Å². The second-order valence-electron chi connectivity index (χ2n) is 5.13. The van der Waals surface area contributed by atoms with Crippen LogP contribution in [0.3, 0.4) is 0 Å². The number of hydrogen-bond acceptors (Lipinski definition) is 3. The van der Waals surface area contributed by atoms with Crippen molar-refractivity contribution in [2.45, 2.75) is 25.6 Å². The number of nitrogens with one attached hydrogen (secondary N) is 1. The van der Waals surface area contributed by atoms with Gasteiger partial charge in [-0.2, -0.15) is 5.10 Å². The molecule has 1 atom stereocenters. The molecule has 1 N–H and O–H groups in total. The minimum atomic E-state index is -0.925. The van der Waals surface area contributed by atoms with E-state index in [0.29, 0.717) is 17.1 Å². The van der Waals surface area contributed by atoms with Crippen molar-refractivity contribution in [2.75, 3.05) is 11.6 Å². The molecule has 0 aliphatic heterocycles. The van der Waals surface area contributed by atoms with Crippen molar-refractivity contribution < 1.29 is 9.00 Å². The molecule has 2 aromatic rings. The van der Waals surface area contributed by atoms with E-state index in [1.165, 1.54) is 0 Å². The van der Waals surface area contributed by atoms with Gasteiger partial charge < -0.3 is 5.32 Å². The van der Waals surface area contributed by atoms with E-state index in [9.17, 15) is 9.00 Å². The molecule has 0 bridgehead atoms. The van der Waals surface area contributed by atoms with Gasteiger partial charge in [0.25, 0.3) is 5.91 Å². The van der Waals surface area contributed by atoms with Crippen LogP contribution in [0.25, 0.3) is 0 Å². The van der Waals surface area contributed by atoms with Crippen LogP contribution in [0.1, 0.15) is 35.8 Å². The minimum absolute atomic E-state index is 0.171. The molecular formula is C15H19N3O2S. The summed E-state index contributed by atoms with van der Waals surface area (Å²) in [6.45, 7) is 4.00. The summed E-state index contributed by atoms with van der Waals surface area (Å²) in [6, 6.07) is 9.13. The van der Waals surface area contributed by atoms with Crippen molar-refractivity contribution in [3.63, 3.8) is 0 Å². The monoisotopic (exact) mass is 305 g/mol. The van der Waals surface area contributed by atoms with Crippen LogP contribution < -0.4 is 5.32 Å². The summed E-state index contributed by atoms with van der Waals surface area (Å²) in [5, 5.41) is 7.04. The van der Waals surface area contributed by atoms with Gasteiger partial charge in [-0.05, 0) is 31.5 Å². The van der Waals surface area contributed by atoms with E-state index in [1.807, 2.05) is 19.9 Å². The van der Waals surface area contributed by atoms with Gasteiger partial charge in [0, 0.05) is 40.5 Å². The zero-order valence-electron chi connectivity index (χ0n) is 12.4. The molecule has 1 aromatic carbocycles. The molecule has 1 heterocycles. The molecule has 0 fully saturated rings. The normalized spacial score (nSPS) is 12.4. The molecule has 5 nitrogen and oxygen atoms in total. The fourth-order valence-electron chi connectivity index (χ4n) is 2.05. The Morgan fingerprint density at radius 1 is 1.38 bits per heavy atom. The number of aromatic nitrogens is 2. The van der Waals surface area contributed by atoms with Crippen LogP contribution in [0.5, 0.6) is 0 Å². The first-order valence-corrected chi connectivity index (χ1v) is 8.44. The molecule has 1 aromatic heterocycles. The van der Waals surface area contributed by atoms with Gasteiger partial charge in [0.05, 0.1) is 6.20 Å². The zero-order valence-corrected chi connectivity index (χ0v) is 13.2. The Hall–Kier alpha value is -1.95. The molecule has 0 spiro atoms. The largest absolute Gasteiger partial charge is 0.307 e. The highest BCUT2D eigenvalue weighted by Gasteiger charge is 2.11. The van der Waals surface area contributed by atoms with Gasteiger partial charge in [-0.15, -0.1) is 0 Å². The summed E-state index contributed by atoms with van der Waals surface area (Å²) in [5.74, 6) is 0.922. The fourth-order valence-corrected chi connectivity index (χ4v) is 2.70. The summed E-state index contributed by atoms with van der Waals surface area (Å²) < 4.78 is 13.0. The summed E-state index contributed by atoms with van der Waals surface area (Å²) >= 11 is 0. The van der Waals surface area contributed by atoms with Gasteiger partial charge >= 0.3 is 0 Å². The van der Waals surface area contributed by atoms with Gasteiger partial charge in [-0.1, -0.05) is 12.1 Å². The first kappa shape index (κ1) is 15.4. The Labute approximate surface area is 126 Å². The van der Waals surface area contributed by atoms with Crippen LogP contribution in [0.2, 0.25) is 0 Å². The molecule has 21 heavy (non-hydrogen) atoms. The van der Waals surface area contributed by atoms with Crippen LogP contribution in [-0.4, -0.2) is 26.2 Å². The van der Waals surface area contributed by atoms with E-state index in [2.05, 4.69) is 10.4 Å². The predicted octanol–water partition coefficient (Wildman–Crippen LogP) is 2.59. The number of amides is 1. The highest BCUT2D eigenvalue weighted by Crippen LogP contribution is 2.15. The Morgan fingerprint density at radius 3 is 2.81 bits per heavy atom. The average molecular weight is 305 g/mol. The molecule has 1 unspecified atom stereocenters. The lowest BCUT2D eigenvalue weighted by molar-refractivity contribution is 0.102. The molecule has 6 heteroatoms. The fraction of sp³-hybridized carbons (Fsp3) is 0.333. The second-order valence-corrected chi connectivity index (χ2v) is 6.56. The Morgan fingerprint density at radius 2 is 2.14 bits per heavy atom. The second kappa shape index (κ2) is 6.67. The standard InChI is InChI=1S/C15H19N3O2S/c1-11(2)18-14(7-8-16-18)17-15(19)13-6-4-5-12(9-13)10-21(3)20/h4-9,11H,10H2,1-3H3,(H,17,19). The number of anilines is 1. The highest BCUT2D eigenvalue weighted by molar-refractivity contribution is 7.83. The topological polar surface area (TPSA) is 64.0 Å². The van der Waals surface area contributed by atoms with Crippen molar-refractivity contribution in [3.05, 3.63) is 47.7 Å². The lowest BCUT2D eigenvalue weighted by Crippen LogP contribution is -2.17. The Balaban J connectivity index is 2.16.